The maximum Gasteiger partial charge on any atom is 0.586 e. The number of aromatic nitrogens is 1. The first-order valence-corrected chi connectivity index (χ1v) is 11.8. The van der Waals surface area contributed by atoms with Gasteiger partial charge in [-0.25, -0.2) is 18.5 Å². The first-order valence-electron chi connectivity index (χ1n) is 10.3. The van der Waals surface area contributed by atoms with E-state index in [4.69, 9.17) is 5.14 Å². The molecule has 0 bridgehead atoms. The molecule has 34 heavy (non-hydrogen) atoms. The van der Waals surface area contributed by atoms with Gasteiger partial charge in [0.1, 0.15) is 5.82 Å². The van der Waals surface area contributed by atoms with E-state index in [2.05, 4.69) is 19.8 Å². The van der Waals surface area contributed by atoms with Crippen LogP contribution in [0.15, 0.2) is 59.5 Å². The average molecular weight is 487 g/mol. The number of carbonyl (C=O) groups is 1. The molecule has 0 spiro atoms. The van der Waals surface area contributed by atoms with Gasteiger partial charge in [0.2, 0.25) is 15.9 Å². The van der Waals surface area contributed by atoms with Gasteiger partial charge in [0.05, 0.1) is 16.0 Å². The lowest BCUT2D eigenvalue weighted by atomic mass is 9.94. The number of nitrogens with one attached hydrogen (secondary N) is 1. The number of nitrogens with two attached hydrogens (primary N) is 1. The predicted molar refractivity (Wildman–Crippen MR) is 118 cm³/mol. The second-order valence-electron chi connectivity index (χ2n) is 8.30. The summed E-state index contributed by atoms with van der Waals surface area (Å²) >= 11 is 0. The summed E-state index contributed by atoms with van der Waals surface area (Å²) in [5.74, 6) is -0.271. The van der Waals surface area contributed by atoms with Crippen LogP contribution < -0.4 is 19.9 Å². The van der Waals surface area contributed by atoms with Crippen LogP contribution in [-0.2, 0) is 20.2 Å². The highest BCUT2D eigenvalue weighted by Gasteiger charge is 2.53. The van der Waals surface area contributed by atoms with E-state index in [0.29, 0.717) is 29.7 Å². The predicted octanol–water partition coefficient (Wildman–Crippen LogP) is 3.70. The van der Waals surface area contributed by atoms with Crippen molar-refractivity contribution in [1.82, 2.24) is 4.98 Å². The topological polar surface area (TPSA) is 121 Å². The molecule has 1 fully saturated rings. The second-order valence-corrected chi connectivity index (χ2v) is 9.86. The first-order chi connectivity index (χ1) is 16.0. The SMILES string of the molecule is Cc1ccc(NC(=O)C2(c3ccc4c(c3)OC(F)(F)O4)CC2)nc1-c1cccc(S(N)(=O)=O)c1. The van der Waals surface area contributed by atoms with Crippen LogP contribution in [0.1, 0.15) is 24.0 Å². The van der Waals surface area contributed by atoms with Gasteiger partial charge in [0, 0.05) is 5.56 Å². The van der Waals surface area contributed by atoms with Crippen molar-refractivity contribution in [2.75, 3.05) is 5.32 Å². The molecule has 2 aliphatic rings. The lowest BCUT2D eigenvalue weighted by Crippen LogP contribution is -2.28. The van der Waals surface area contributed by atoms with Gasteiger partial charge in [-0.1, -0.05) is 24.3 Å². The molecule has 2 heterocycles. The van der Waals surface area contributed by atoms with E-state index in [1.807, 2.05) is 6.92 Å². The standard InChI is InChI=1S/C23H19F2N3O5S/c1-13-5-8-19(27-20(13)14-3-2-4-16(11-14)34(26,30)31)28-21(29)22(9-10-22)15-6-7-17-18(12-15)33-23(24,25)32-17/h2-8,11-12H,9-10H2,1H3,(H2,26,30,31)(H,27,28,29). The van der Waals surface area contributed by atoms with E-state index in [9.17, 15) is 22.0 Å². The summed E-state index contributed by atoms with van der Waals surface area (Å²) in [7, 11) is -3.89. The summed E-state index contributed by atoms with van der Waals surface area (Å²) in [5.41, 5.74) is 1.42. The smallest absolute Gasteiger partial charge is 0.395 e. The van der Waals surface area contributed by atoms with E-state index in [1.54, 1.807) is 30.3 Å². The Labute approximate surface area is 193 Å². The molecule has 3 aromatic rings. The van der Waals surface area contributed by atoms with E-state index in [-0.39, 0.29) is 28.1 Å². The van der Waals surface area contributed by atoms with Crippen molar-refractivity contribution in [2.45, 2.75) is 36.4 Å². The molecule has 2 aromatic carbocycles. The lowest BCUT2D eigenvalue weighted by Gasteiger charge is -2.17. The number of sulfonamides is 1. The number of benzene rings is 2. The Bertz CT molecular complexity index is 1440. The number of fused-ring (bicyclic) bond motifs is 1. The number of pyridine rings is 1. The fourth-order valence-corrected chi connectivity index (χ4v) is 4.52. The van der Waals surface area contributed by atoms with Gasteiger partial charge < -0.3 is 14.8 Å². The summed E-state index contributed by atoms with van der Waals surface area (Å²) < 4.78 is 59.1. The van der Waals surface area contributed by atoms with Crippen LogP contribution in [0.2, 0.25) is 0 Å². The van der Waals surface area contributed by atoms with Crippen LogP contribution in [0.3, 0.4) is 0 Å². The quantitative estimate of drug-likeness (QED) is 0.566. The van der Waals surface area contributed by atoms with Crippen LogP contribution in [0.5, 0.6) is 11.5 Å². The Balaban J connectivity index is 1.41. The zero-order chi connectivity index (χ0) is 24.3. The van der Waals surface area contributed by atoms with E-state index in [0.717, 1.165) is 5.56 Å². The zero-order valence-electron chi connectivity index (χ0n) is 17.8. The van der Waals surface area contributed by atoms with Crippen LogP contribution in [-0.4, -0.2) is 25.6 Å². The van der Waals surface area contributed by atoms with Crippen molar-refractivity contribution in [1.29, 1.82) is 0 Å². The number of anilines is 1. The third kappa shape index (κ3) is 3.97. The van der Waals surface area contributed by atoms with Gasteiger partial charge in [-0.3, -0.25) is 4.79 Å². The number of hydrogen-bond acceptors (Lipinski definition) is 6. The highest BCUT2D eigenvalue weighted by Crippen LogP contribution is 2.52. The van der Waals surface area contributed by atoms with Gasteiger partial charge in [-0.2, -0.15) is 0 Å². The number of hydrogen-bond donors (Lipinski definition) is 2. The molecule has 8 nitrogen and oxygen atoms in total. The van der Waals surface area contributed by atoms with E-state index in [1.165, 1.54) is 24.3 Å². The van der Waals surface area contributed by atoms with Crippen molar-refractivity contribution in [3.63, 3.8) is 0 Å². The zero-order valence-corrected chi connectivity index (χ0v) is 18.7. The van der Waals surface area contributed by atoms with Crippen molar-refractivity contribution in [2.24, 2.45) is 5.14 Å². The summed E-state index contributed by atoms with van der Waals surface area (Å²) in [6, 6.07) is 13.8. The summed E-state index contributed by atoms with van der Waals surface area (Å²) in [6.45, 7) is 1.81. The Morgan fingerprint density at radius 1 is 1.06 bits per heavy atom. The molecule has 0 saturated heterocycles. The van der Waals surface area contributed by atoms with Crippen molar-refractivity contribution in [3.05, 3.63) is 65.7 Å². The maximum atomic E-state index is 13.4. The van der Waals surface area contributed by atoms with Gasteiger partial charge in [-0.05, 0) is 61.2 Å². The average Bonchev–Trinajstić information content (AvgIpc) is 3.51. The van der Waals surface area contributed by atoms with Crippen molar-refractivity contribution >= 4 is 21.7 Å². The van der Waals surface area contributed by atoms with Crippen LogP contribution in [0, 0.1) is 6.92 Å². The Morgan fingerprint density at radius 3 is 2.50 bits per heavy atom. The molecule has 11 heteroatoms. The number of halogens is 2. The lowest BCUT2D eigenvalue weighted by molar-refractivity contribution is -0.286. The molecule has 0 radical (unpaired) electrons. The Morgan fingerprint density at radius 2 is 1.79 bits per heavy atom. The molecule has 0 unspecified atom stereocenters. The molecular formula is C23H19F2N3O5S. The second kappa shape index (κ2) is 7.47. The molecule has 3 N–H and O–H groups in total. The monoisotopic (exact) mass is 487 g/mol. The van der Waals surface area contributed by atoms with Crippen molar-refractivity contribution < 1.29 is 31.5 Å². The molecule has 5 rings (SSSR count). The van der Waals surface area contributed by atoms with Gasteiger partial charge >= 0.3 is 6.29 Å². The molecular weight excluding hydrogens is 468 g/mol. The number of nitrogens with zero attached hydrogens (tertiary/aromatic N) is 1. The Kier molecular flexibility index (Phi) is 4.88. The number of carbonyl (C=O) groups excluding carboxylic acids is 1. The Hall–Kier alpha value is -3.57. The number of alkyl halides is 2. The van der Waals surface area contributed by atoms with Gasteiger partial charge in [-0.15, -0.1) is 8.78 Å². The molecule has 176 valence electrons. The fraction of sp³-hybridized carbons (Fsp3) is 0.217. The summed E-state index contributed by atoms with van der Waals surface area (Å²) in [4.78, 5) is 17.6. The molecule has 1 aliphatic carbocycles. The van der Waals surface area contributed by atoms with Gasteiger partial charge in [0.15, 0.2) is 11.5 Å². The molecule has 0 atom stereocenters. The van der Waals surface area contributed by atoms with Gasteiger partial charge in [0.25, 0.3) is 0 Å². The number of aryl methyl sites for hydroxylation is 1. The normalized spacial score (nSPS) is 17.3. The van der Waals surface area contributed by atoms with Crippen LogP contribution in [0.25, 0.3) is 11.3 Å². The molecule has 1 amide bonds. The highest BCUT2D eigenvalue weighted by atomic mass is 32.2. The number of primary sulfonamides is 1. The molecule has 1 aliphatic heterocycles. The summed E-state index contributed by atoms with van der Waals surface area (Å²) in [6.07, 6.45) is -2.67. The van der Waals surface area contributed by atoms with E-state index >= 15 is 0 Å². The summed E-state index contributed by atoms with van der Waals surface area (Å²) in [5, 5.41) is 8.03. The number of rotatable bonds is 5. The maximum absolute atomic E-state index is 13.4. The fourth-order valence-electron chi connectivity index (χ4n) is 3.97. The minimum atomic E-state index is -3.89. The van der Waals surface area contributed by atoms with Crippen molar-refractivity contribution in [3.8, 4) is 22.8 Å². The molecule has 1 saturated carbocycles. The third-order valence-electron chi connectivity index (χ3n) is 5.91. The minimum Gasteiger partial charge on any atom is -0.395 e. The van der Waals surface area contributed by atoms with Crippen LogP contribution in [0.4, 0.5) is 14.6 Å². The first kappa shape index (κ1) is 22.2. The number of amides is 1. The minimum absolute atomic E-state index is 0.0500. The number of ether oxygens (including phenoxy) is 2. The van der Waals surface area contributed by atoms with E-state index < -0.39 is 21.7 Å². The highest BCUT2D eigenvalue weighted by molar-refractivity contribution is 7.89. The third-order valence-corrected chi connectivity index (χ3v) is 6.82. The van der Waals surface area contributed by atoms with Crippen LogP contribution >= 0.6 is 0 Å². The largest absolute Gasteiger partial charge is 0.586 e. The molecule has 1 aromatic heterocycles.